The van der Waals surface area contributed by atoms with Crippen LogP contribution in [-0.2, 0) is 10.2 Å². The summed E-state index contributed by atoms with van der Waals surface area (Å²) in [6, 6.07) is 17.4. The molecule has 4 rings (SSSR count). The fourth-order valence-corrected chi connectivity index (χ4v) is 5.52. The third kappa shape index (κ3) is 5.03. The van der Waals surface area contributed by atoms with Gasteiger partial charge in [-0.15, -0.1) is 4.40 Å². The molecular weight excluding hydrogens is 451 g/mol. The van der Waals surface area contributed by atoms with Crippen molar-refractivity contribution in [2.24, 2.45) is 9.50 Å². The fraction of sp³-hybridized carbons (Fsp3) is 0.391. The van der Waals surface area contributed by atoms with Gasteiger partial charge in [-0.3, -0.25) is 0 Å². The molecule has 2 atom stereocenters. The van der Waals surface area contributed by atoms with E-state index in [0.717, 1.165) is 21.1 Å². The number of nitrogens with zero attached hydrogens (tertiary/aromatic N) is 4. The highest BCUT2D eigenvalue weighted by atomic mass is 35.5. The molecule has 1 fully saturated rings. The van der Waals surface area contributed by atoms with Crippen molar-refractivity contribution in [1.82, 2.24) is 9.31 Å². The van der Waals surface area contributed by atoms with E-state index in [0.29, 0.717) is 36.7 Å². The largest absolute Gasteiger partial charge is 0.324 e. The van der Waals surface area contributed by atoms with Crippen LogP contribution in [0.15, 0.2) is 64.1 Å². The fourth-order valence-electron chi connectivity index (χ4n) is 4.08. The Kier molecular flexibility index (Phi) is 6.93. The summed E-state index contributed by atoms with van der Waals surface area (Å²) >= 11 is 6.06. The molecule has 0 aromatic heterocycles. The van der Waals surface area contributed by atoms with Crippen LogP contribution in [0, 0.1) is 0 Å². The molecule has 0 bridgehead atoms. The summed E-state index contributed by atoms with van der Waals surface area (Å²) in [7, 11) is -3.98. The Hall–Kier alpha value is -2.29. The highest BCUT2D eigenvalue weighted by Crippen LogP contribution is 2.30. The number of hydrogen-bond acceptors (Lipinski definition) is 3. The number of alkyl halides is 1. The summed E-state index contributed by atoms with van der Waals surface area (Å²) < 4.78 is 44.8. The van der Waals surface area contributed by atoms with Crippen molar-refractivity contribution in [2.45, 2.75) is 38.3 Å². The van der Waals surface area contributed by atoms with Crippen molar-refractivity contribution in [3.63, 3.8) is 0 Å². The summed E-state index contributed by atoms with van der Waals surface area (Å²) in [5.41, 5.74) is 2.83. The van der Waals surface area contributed by atoms with Crippen LogP contribution in [0.5, 0.6) is 0 Å². The molecular formula is C23H26ClFN4O2S. The summed E-state index contributed by atoms with van der Waals surface area (Å²) in [5.74, 6) is 0.290. The Balaban J connectivity index is 1.68. The molecule has 2 aromatic carbocycles. The first-order chi connectivity index (χ1) is 15.4. The maximum absolute atomic E-state index is 13.8. The number of halogens is 2. The molecule has 2 aliphatic heterocycles. The Labute approximate surface area is 193 Å². The SMILES string of the molecule is CCC(=NS(=O)(=O)N1CCCC(F)C1)N1CC(c2ccccc2)C(c2ccc(Cl)cc2)=N1. The van der Waals surface area contributed by atoms with E-state index in [9.17, 15) is 12.8 Å². The number of piperidine rings is 1. The van der Waals surface area contributed by atoms with Gasteiger partial charge in [0.1, 0.15) is 12.0 Å². The van der Waals surface area contributed by atoms with Crippen LogP contribution in [0.25, 0.3) is 0 Å². The summed E-state index contributed by atoms with van der Waals surface area (Å²) in [6.45, 7) is 2.45. The van der Waals surface area contributed by atoms with E-state index in [1.807, 2.05) is 61.5 Å². The number of hydrazone groups is 1. The topological polar surface area (TPSA) is 65.3 Å². The average Bonchev–Trinajstić information content (AvgIpc) is 3.24. The van der Waals surface area contributed by atoms with Crippen molar-refractivity contribution in [3.05, 3.63) is 70.7 Å². The molecule has 2 unspecified atom stereocenters. The number of benzene rings is 2. The van der Waals surface area contributed by atoms with Gasteiger partial charge in [-0.2, -0.15) is 17.8 Å². The zero-order valence-electron chi connectivity index (χ0n) is 17.9. The van der Waals surface area contributed by atoms with E-state index in [1.54, 1.807) is 5.01 Å². The molecule has 0 amide bonds. The van der Waals surface area contributed by atoms with E-state index < -0.39 is 16.4 Å². The molecule has 0 aliphatic carbocycles. The lowest BCUT2D eigenvalue weighted by atomic mass is 9.91. The normalized spacial score (nSPS) is 22.8. The molecule has 9 heteroatoms. The molecule has 2 aliphatic rings. The number of hydrogen-bond donors (Lipinski definition) is 0. The van der Waals surface area contributed by atoms with Crippen LogP contribution < -0.4 is 0 Å². The van der Waals surface area contributed by atoms with Gasteiger partial charge < -0.3 is 0 Å². The van der Waals surface area contributed by atoms with E-state index in [2.05, 4.69) is 4.40 Å². The molecule has 0 saturated carbocycles. The first-order valence-electron chi connectivity index (χ1n) is 10.8. The predicted molar refractivity (Wildman–Crippen MR) is 126 cm³/mol. The average molecular weight is 477 g/mol. The Morgan fingerprint density at radius 3 is 2.53 bits per heavy atom. The van der Waals surface area contributed by atoms with E-state index in [4.69, 9.17) is 16.7 Å². The minimum Gasteiger partial charge on any atom is -0.249 e. The van der Waals surface area contributed by atoms with Crippen LogP contribution in [-0.4, -0.2) is 55.1 Å². The molecule has 170 valence electrons. The Bertz CT molecular complexity index is 1110. The second-order valence-corrected chi connectivity index (χ2v) is 10.0. The van der Waals surface area contributed by atoms with Crippen LogP contribution >= 0.6 is 11.6 Å². The first kappa shape index (κ1) is 22.9. The van der Waals surface area contributed by atoms with Crippen molar-refractivity contribution in [3.8, 4) is 0 Å². The molecule has 2 heterocycles. The van der Waals surface area contributed by atoms with Crippen molar-refractivity contribution in [2.75, 3.05) is 19.6 Å². The Morgan fingerprint density at radius 2 is 1.88 bits per heavy atom. The van der Waals surface area contributed by atoms with Crippen molar-refractivity contribution >= 4 is 33.4 Å². The number of rotatable bonds is 5. The smallest absolute Gasteiger partial charge is 0.249 e. The van der Waals surface area contributed by atoms with Gasteiger partial charge in [0.15, 0.2) is 0 Å². The lowest BCUT2D eigenvalue weighted by Gasteiger charge is -2.27. The van der Waals surface area contributed by atoms with E-state index in [-0.39, 0.29) is 19.0 Å². The van der Waals surface area contributed by atoms with Gasteiger partial charge in [0.2, 0.25) is 0 Å². The highest BCUT2D eigenvalue weighted by Gasteiger charge is 2.33. The molecule has 0 radical (unpaired) electrons. The third-order valence-corrected chi connectivity index (χ3v) is 7.42. The van der Waals surface area contributed by atoms with Crippen LogP contribution in [0.3, 0.4) is 0 Å². The van der Waals surface area contributed by atoms with Gasteiger partial charge in [0.25, 0.3) is 0 Å². The van der Waals surface area contributed by atoms with Gasteiger partial charge in [0.05, 0.1) is 12.3 Å². The second kappa shape index (κ2) is 9.68. The third-order valence-electron chi connectivity index (χ3n) is 5.74. The minimum absolute atomic E-state index is 0.0537. The molecule has 32 heavy (non-hydrogen) atoms. The van der Waals surface area contributed by atoms with Gasteiger partial charge in [-0.05, 0) is 36.1 Å². The van der Waals surface area contributed by atoms with E-state index in [1.165, 1.54) is 0 Å². The molecule has 0 spiro atoms. The van der Waals surface area contributed by atoms with Gasteiger partial charge >= 0.3 is 10.2 Å². The second-order valence-electron chi connectivity index (χ2n) is 7.97. The lowest BCUT2D eigenvalue weighted by molar-refractivity contribution is 0.203. The Morgan fingerprint density at radius 1 is 1.16 bits per heavy atom. The van der Waals surface area contributed by atoms with Crippen molar-refractivity contribution < 1.29 is 12.8 Å². The molecule has 1 saturated heterocycles. The zero-order valence-corrected chi connectivity index (χ0v) is 19.4. The predicted octanol–water partition coefficient (Wildman–Crippen LogP) is 4.63. The first-order valence-corrected chi connectivity index (χ1v) is 12.5. The van der Waals surface area contributed by atoms with Gasteiger partial charge in [-0.1, -0.05) is 61.0 Å². The van der Waals surface area contributed by atoms with Crippen LogP contribution in [0.1, 0.15) is 43.2 Å². The maximum Gasteiger partial charge on any atom is 0.324 e. The summed E-state index contributed by atoms with van der Waals surface area (Å²) in [6.07, 6.45) is 0.111. The molecule has 6 nitrogen and oxygen atoms in total. The van der Waals surface area contributed by atoms with Gasteiger partial charge in [0, 0.05) is 30.5 Å². The van der Waals surface area contributed by atoms with Gasteiger partial charge in [-0.25, -0.2) is 9.40 Å². The zero-order chi connectivity index (χ0) is 22.7. The number of amidine groups is 1. The molecule has 0 N–H and O–H groups in total. The van der Waals surface area contributed by atoms with E-state index >= 15 is 0 Å². The van der Waals surface area contributed by atoms with Crippen LogP contribution in [0.4, 0.5) is 4.39 Å². The lowest BCUT2D eigenvalue weighted by Crippen LogP contribution is -2.40. The minimum atomic E-state index is -3.98. The van der Waals surface area contributed by atoms with Crippen LogP contribution in [0.2, 0.25) is 5.02 Å². The highest BCUT2D eigenvalue weighted by molar-refractivity contribution is 7.87. The summed E-state index contributed by atoms with van der Waals surface area (Å²) in [4.78, 5) is 0. The quantitative estimate of drug-likeness (QED) is 0.466. The maximum atomic E-state index is 13.8. The monoisotopic (exact) mass is 476 g/mol. The summed E-state index contributed by atoms with van der Waals surface area (Å²) in [5, 5.41) is 7.08. The molecule has 2 aromatic rings. The van der Waals surface area contributed by atoms with Crippen molar-refractivity contribution in [1.29, 1.82) is 0 Å². The standard InChI is InChI=1S/C23H26ClFN4O2S/c1-2-22(27-32(30,31)28-14-6-9-20(25)15-28)29-16-21(17-7-4-3-5-8-17)23(26-29)18-10-12-19(24)13-11-18/h3-5,7-8,10-13,20-21H,2,6,9,14-16H2,1H3.